The SMILES string of the molecule is C#Cc1ccccc1F.Cc1cc(=O)[nH]c(-c2ccccc2O)n1. The number of H-pyrrole nitrogens is 1. The van der Waals surface area contributed by atoms with Crippen LogP contribution in [-0.4, -0.2) is 15.1 Å². The highest BCUT2D eigenvalue weighted by Gasteiger charge is 2.05. The van der Waals surface area contributed by atoms with Crippen LogP contribution in [0.25, 0.3) is 11.4 Å². The van der Waals surface area contributed by atoms with Crippen molar-refractivity contribution in [1.29, 1.82) is 0 Å². The molecule has 0 saturated carbocycles. The van der Waals surface area contributed by atoms with Crippen LogP contribution in [0.2, 0.25) is 0 Å². The minimum atomic E-state index is -0.333. The number of nitrogens with one attached hydrogen (secondary N) is 1. The molecule has 0 spiro atoms. The van der Waals surface area contributed by atoms with Gasteiger partial charge in [-0.15, -0.1) is 6.42 Å². The molecule has 0 bridgehead atoms. The van der Waals surface area contributed by atoms with E-state index in [0.717, 1.165) is 0 Å². The molecular formula is C19H15FN2O2. The first-order valence-corrected chi connectivity index (χ1v) is 7.08. The topological polar surface area (TPSA) is 66.0 Å². The summed E-state index contributed by atoms with van der Waals surface area (Å²) in [4.78, 5) is 17.9. The van der Waals surface area contributed by atoms with Gasteiger partial charge in [-0.05, 0) is 31.2 Å². The summed E-state index contributed by atoms with van der Waals surface area (Å²) in [7, 11) is 0. The highest BCUT2D eigenvalue weighted by molar-refractivity contribution is 5.63. The van der Waals surface area contributed by atoms with Gasteiger partial charge in [0, 0.05) is 11.8 Å². The summed E-state index contributed by atoms with van der Waals surface area (Å²) < 4.78 is 12.4. The van der Waals surface area contributed by atoms with Gasteiger partial charge in [-0.3, -0.25) is 4.79 Å². The second kappa shape index (κ2) is 7.75. The van der Waals surface area contributed by atoms with Gasteiger partial charge >= 0.3 is 0 Å². The maximum absolute atomic E-state index is 12.4. The summed E-state index contributed by atoms with van der Waals surface area (Å²) in [5.74, 6) is 2.38. The standard InChI is InChI=1S/C11H10N2O2.C8H5F/c1-7-6-10(15)13-11(12-7)8-4-2-3-5-9(8)14;1-2-7-5-3-4-6-8(7)9/h2-6,14H,1H3,(H,12,13,15);1,3-6H. The largest absolute Gasteiger partial charge is 0.507 e. The number of terminal acetylenes is 1. The van der Waals surface area contributed by atoms with Crippen molar-refractivity contribution in [2.75, 3.05) is 0 Å². The number of aromatic hydroxyl groups is 1. The Morgan fingerprint density at radius 1 is 1.17 bits per heavy atom. The number of hydrogen-bond acceptors (Lipinski definition) is 3. The summed E-state index contributed by atoms with van der Waals surface area (Å²) in [6.45, 7) is 1.73. The summed E-state index contributed by atoms with van der Waals surface area (Å²) in [5, 5.41) is 9.58. The number of aryl methyl sites for hydroxylation is 1. The van der Waals surface area contributed by atoms with E-state index in [4.69, 9.17) is 6.42 Å². The van der Waals surface area contributed by atoms with Crippen LogP contribution in [0, 0.1) is 25.1 Å². The zero-order valence-electron chi connectivity index (χ0n) is 13.0. The lowest BCUT2D eigenvalue weighted by Crippen LogP contribution is -2.08. The zero-order valence-corrected chi connectivity index (χ0v) is 13.0. The van der Waals surface area contributed by atoms with Crippen LogP contribution in [0.1, 0.15) is 11.3 Å². The molecular weight excluding hydrogens is 307 g/mol. The smallest absolute Gasteiger partial charge is 0.251 e. The molecule has 1 aromatic heterocycles. The van der Waals surface area contributed by atoms with Gasteiger partial charge in [-0.2, -0.15) is 0 Å². The molecule has 5 heteroatoms. The molecule has 0 radical (unpaired) electrons. The molecule has 3 aromatic rings. The van der Waals surface area contributed by atoms with Crippen LogP contribution in [0.5, 0.6) is 5.75 Å². The predicted molar refractivity (Wildman–Crippen MR) is 91.0 cm³/mol. The number of halogens is 1. The highest BCUT2D eigenvalue weighted by Crippen LogP contribution is 2.24. The lowest BCUT2D eigenvalue weighted by atomic mass is 10.2. The Morgan fingerprint density at radius 3 is 2.42 bits per heavy atom. The number of para-hydroxylation sites is 1. The number of rotatable bonds is 1. The van der Waals surface area contributed by atoms with E-state index < -0.39 is 0 Å². The van der Waals surface area contributed by atoms with Crippen molar-refractivity contribution in [2.45, 2.75) is 6.92 Å². The van der Waals surface area contributed by atoms with Crippen LogP contribution in [0.3, 0.4) is 0 Å². The summed E-state index contributed by atoms with van der Waals surface area (Å²) in [5.41, 5.74) is 1.24. The number of hydrogen-bond donors (Lipinski definition) is 2. The zero-order chi connectivity index (χ0) is 17.5. The van der Waals surface area contributed by atoms with Gasteiger partial charge in [0.25, 0.3) is 5.56 Å². The number of benzene rings is 2. The van der Waals surface area contributed by atoms with Crippen LogP contribution in [-0.2, 0) is 0 Å². The number of phenolic OH excluding ortho intramolecular Hbond substituents is 1. The third kappa shape index (κ3) is 4.31. The quantitative estimate of drug-likeness (QED) is 0.676. The van der Waals surface area contributed by atoms with Gasteiger partial charge in [0.2, 0.25) is 0 Å². The van der Waals surface area contributed by atoms with E-state index in [9.17, 15) is 14.3 Å². The normalized spacial score (nSPS) is 9.54. The van der Waals surface area contributed by atoms with Crippen LogP contribution in [0.15, 0.2) is 59.4 Å². The molecule has 2 aromatic carbocycles. The van der Waals surface area contributed by atoms with E-state index >= 15 is 0 Å². The Morgan fingerprint density at radius 2 is 1.83 bits per heavy atom. The molecule has 0 atom stereocenters. The van der Waals surface area contributed by atoms with Gasteiger partial charge in [0.1, 0.15) is 17.4 Å². The molecule has 0 amide bonds. The predicted octanol–water partition coefficient (Wildman–Crippen LogP) is 3.26. The highest BCUT2D eigenvalue weighted by atomic mass is 19.1. The fourth-order valence-electron chi connectivity index (χ4n) is 1.96. The van der Waals surface area contributed by atoms with Crippen LogP contribution < -0.4 is 5.56 Å². The Kier molecular flexibility index (Phi) is 5.48. The van der Waals surface area contributed by atoms with E-state index in [0.29, 0.717) is 22.6 Å². The molecule has 0 aliphatic heterocycles. The second-order valence-electron chi connectivity index (χ2n) is 4.88. The van der Waals surface area contributed by atoms with Crippen molar-refractivity contribution in [2.24, 2.45) is 0 Å². The monoisotopic (exact) mass is 322 g/mol. The van der Waals surface area contributed by atoms with E-state index in [1.54, 1.807) is 49.4 Å². The average molecular weight is 322 g/mol. The van der Waals surface area contributed by atoms with Crippen molar-refractivity contribution in [3.8, 4) is 29.5 Å². The molecule has 0 unspecified atom stereocenters. The molecule has 0 saturated heterocycles. The molecule has 24 heavy (non-hydrogen) atoms. The molecule has 3 rings (SSSR count). The minimum absolute atomic E-state index is 0.103. The summed E-state index contributed by atoms with van der Waals surface area (Å²) in [6, 6.07) is 14.4. The number of aromatic amines is 1. The average Bonchev–Trinajstić information content (AvgIpc) is 2.55. The summed E-state index contributed by atoms with van der Waals surface area (Å²) >= 11 is 0. The van der Waals surface area contributed by atoms with Gasteiger partial charge in [0.15, 0.2) is 0 Å². The third-order valence-corrected chi connectivity index (χ3v) is 3.06. The Hall–Kier alpha value is -3.39. The number of aromatic nitrogens is 2. The maximum Gasteiger partial charge on any atom is 0.251 e. The fourth-order valence-corrected chi connectivity index (χ4v) is 1.96. The molecule has 0 aliphatic carbocycles. The molecule has 1 heterocycles. The second-order valence-corrected chi connectivity index (χ2v) is 4.88. The fraction of sp³-hybridized carbons (Fsp3) is 0.0526. The van der Waals surface area contributed by atoms with Crippen LogP contribution in [0.4, 0.5) is 4.39 Å². The third-order valence-electron chi connectivity index (χ3n) is 3.06. The van der Waals surface area contributed by atoms with Crippen molar-refractivity contribution < 1.29 is 9.50 Å². The van der Waals surface area contributed by atoms with Gasteiger partial charge in [-0.25, -0.2) is 9.37 Å². The van der Waals surface area contributed by atoms with Gasteiger partial charge in [0.05, 0.1) is 11.1 Å². The Bertz CT molecular complexity index is 942. The van der Waals surface area contributed by atoms with Crippen LogP contribution >= 0.6 is 0 Å². The number of phenols is 1. The molecule has 120 valence electrons. The van der Waals surface area contributed by atoms with E-state index in [1.165, 1.54) is 12.1 Å². The van der Waals surface area contributed by atoms with Gasteiger partial charge in [-0.1, -0.05) is 30.2 Å². The molecule has 0 aliphatic rings. The minimum Gasteiger partial charge on any atom is -0.507 e. The Balaban J connectivity index is 0.000000198. The first-order chi connectivity index (χ1) is 11.5. The first-order valence-electron chi connectivity index (χ1n) is 7.08. The molecule has 4 nitrogen and oxygen atoms in total. The van der Waals surface area contributed by atoms with Crippen molar-refractivity contribution in [3.63, 3.8) is 0 Å². The van der Waals surface area contributed by atoms with E-state index in [1.807, 2.05) is 0 Å². The first kappa shape index (κ1) is 17.0. The van der Waals surface area contributed by atoms with E-state index in [-0.39, 0.29) is 17.1 Å². The van der Waals surface area contributed by atoms with Gasteiger partial charge < -0.3 is 10.1 Å². The van der Waals surface area contributed by atoms with E-state index in [2.05, 4.69) is 15.9 Å². The molecule has 0 fully saturated rings. The summed E-state index contributed by atoms with van der Waals surface area (Å²) in [6.07, 6.45) is 4.96. The lowest BCUT2D eigenvalue weighted by Gasteiger charge is -2.03. The maximum atomic E-state index is 12.4. The van der Waals surface area contributed by atoms with Crippen molar-refractivity contribution in [1.82, 2.24) is 9.97 Å². The lowest BCUT2D eigenvalue weighted by molar-refractivity contribution is 0.477. The van der Waals surface area contributed by atoms with Crippen molar-refractivity contribution >= 4 is 0 Å². The Labute approximate surface area is 138 Å². The van der Waals surface area contributed by atoms with Crippen molar-refractivity contribution in [3.05, 3.63) is 82.0 Å². The number of nitrogens with zero attached hydrogens (tertiary/aromatic N) is 1. The molecule has 2 N–H and O–H groups in total.